The maximum Gasteiger partial charge on any atom is 0.377 e. The molecular formula is C10H9ClO4. The number of halogens is 1. The molecule has 1 rings (SSSR count). The van der Waals surface area contributed by atoms with Crippen LogP contribution >= 0.6 is 11.6 Å². The SMILES string of the molecule is COc1cc(C(=O)C(=O)O)cc(Cl)c1C. The van der Waals surface area contributed by atoms with E-state index in [2.05, 4.69) is 0 Å². The third kappa shape index (κ3) is 2.27. The standard InChI is InChI=1S/C10H9ClO4/c1-5-7(11)3-6(4-8(5)15-2)9(12)10(13)14/h3-4H,1-2H3,(H,13,14). The number of carboxylic acid groups (broad SMARTS) is 1. The van der Waals surface area contributed by atoms with Crippen LogP contribution in [0.3, 0.4) is 0 Å². The van der Waals surface area contributed by atoms with Crippen LogP contribution in [0, 0.1) is 6.92 Å². The number of ether oxygens (including phenoxy) is 1. The molecule has 0 unspecified atom stereocenters. The van der Waals surface area contributed by atoms with Gasteiger partial charge in [0.15, 0.2) is 0 Å². The highest BCUT2D eigenvalue weighted by Crippen LogP contribution is 2.27. The van der Waals surface area contributed by atoms with E-state index in [1.807, 2.05) is 0 Å². The Hall–Kier alpha value is -1.55. The zero-order chi connectivity index (χ0) is 11.6. The van der Waals surface area contributed by atoms with E-state index >= 15 is 0 Å². The Morgan fingerprint density at radius 2 is 2.00 bits per heavy atom. The topological polar surface area (TPSA) is 63.6 Å². The maximum absolute atomic E-state index is 11.2. The summed E-state index contributed by atoms with van der Waals surface area (Å²) in [5.74, 6) is -2.13. The van der Waals surface area contributed by atoms with Gasteiger partial charge in [0.1, 0.15) is 5.75 Å². The van der Waals surface area contributed by atoms with Crippen LogP contribution in [0.15, 0.2) is 12.1 Å². The van der Waals surface area contributed by atoms with E-state index in [4.69, 9.17) is 21.4 Å². The molecule has 80 valence electrons. The fourth-order valence-electron chi connectivity index (χ4n) is 1.12. The first-order valence-electron chi connectivity index (χ1n) is 4.09. The van der Waals surface area contributed by atoms with Crippen LogP contribution in [0.2, 0.25) is 5.02 Å². The molecule has 0 heterocycles. The van der Waals surface area contributed by atoms with Gasteiger partial charge >= 0.3 is 5.97 Å². The smallest absolute Gasteiger partial charge is 0.377 e. The maximum atomic E-state index is 11.2. The molecule has 1 N–H and O–H groups in total. The summed E-state index contributed by atoms with van der Waals surface area (Å²) in [5, 5.41) is 8.83. The number of hydrogen-bond donors (Lipinski definition) is 1. The summed E-state index contributed by atoms with van der Waals surface area (Å²) >= 11 is 5.82. The molecule has 0 amide bonds. The third-order valence-corrected chi connectivity index (χ3v) is 2.37. The van der Waals surface area contributed by atoms with Crippen molar-refractivity contribution < 1.29 is 19.4 Å². The summed E-state index contributed by atoms with van der Waals surface area (Å²) in [6, 6.07) is 2.67. The number of Topliss-reactive ketones (excluding diaryl/α,β-unsaturated/α-hetero) is 1. The summed E-state index contributed by atoms with van der Waals surface area (Å²) in [5.41, 5.74) is 0.677. The van der Waals surface area contributed by atoms with Crippen LogP contribution in [0.25, 0.3) is 0 Å². The van der Waals surface area contributed by atoms with Crippen molar-refractivity contribution in [3.8, 4) is 5.75 Å². The van der Waals surface area contributed by atoms with Crippen LogP contribution in [0.1, 0.15) is 15.9 Å². The van der Waals surface area contributed by atoms with E-state index in [0.29, 0.717) is 16.3 Å². The first-order chi connectivity index (χ1) is 6.97. The molecular weight excluding hydrogens is 220 g/mol. The number of benzene rings is 1. The minimum Gasteiger partial charge on any atom is -0.496 e. The first kappa shape index (κ1) is 11.5. The number of ketones is 1. The van der Waals surface area contributed by atoms with E-state index < -0.39 is 11.8 Å². The average molecular weight is 229 g/mol. The lowest BCUT2D eigenvalue weighted by atomic mass is 10.1. The highest BCUT2D eigenvalue weighted by Gasteiger charge is 2.17. The lowest BCUT2D eigenvalue weighted by Gasteiger charge is -2.07. The second-order valence-electron chi connectivity index (χ2n) is 2.92. The Bertz CT molecular complexity index is 426. The first-order valence-corrected chi connectivity index (χ1v) is 4.47. The minimum atomic E-state index is -1.52. The number of rotatable bonds is 3. The van der Waals surface area contributed by atoms with E-state index in [9.17, 15) is 9.59 Å². The predicted molar refractivity (Wildman–Crippen MR) is 54.7 cm³/mol. The van der Waals surface area contributed by atoms with Gasteiger partial charge in [0, 0.05) is 16.1 Å². The van der Waals surface area contributed by atoms with Crippen molar-refractivity contribution in [2.24, 2.45) is 0 Å². The van der Waals surface area contributed by atoms with E-state index in [1.165, 1.54) is 19.2 Å². The van der Waals surface area contributed by atoms with Crippen molar-refractivity contribution in [3.05, 3.63) is 28.3 Å². The zero-order valence-electron chi connectivity index (χ0n) is 8.20. The Morgan fingerprint density at radius 1 is 1.40 bits per heavy atom. The lowest BCUT2D eigenvalue weighted by molar-refractivity contribution is -0.131. The fourth-order valence-corrected chi connectivity index (χ4v) is 1.33. The molecule has 1 aromatic rings. The van der Waals surface area contributed by atoms with Crippen molar-refractivity contribution in [3.63, 3.8) is 0 Å². The van der Waals surface area contributed by atoms with Gasteiger partial charge in [-0.15, -0.1) is 0 Å². The quantitative estimate of drug-likeness (QED) is 0.634. The van der Waals surface area contributed by atoms with Crippen LogP contribution in [-0.2, 0) is 4.79 Å². The van der Waals surface area contributed by atoms with Crippen LogP contribution < -0.4 is 4.74 Å². The van der Waals surface area contributed by atoms with Gasteiger partial charge in [-0.25, -0.2) is 4.79 Å². The van der Waals surface area contributed by atoms with Crippen molar-refractivity contribution in [2.45, 2.75) is 6.92 Å². The second-order valence-corrected chi connectivity index (χ2v) is 3.33. The number of carbonyl (C=O) groups excluding carboxylic acids is 1. The van der Waals surface area contributed by atoms with Crippen molar-refractivity contribution in [1.82, 2.24) is 0 Å². The van der Waals surface area contributed by atoms with E-state index in [0.717, 1.165) is 0 Å². The van der Waals surface area contributed by atoms with Gasteiger partial charge in [-0.3, -0.25) is 4.79 Å². The molecule has 0 aromatic heterocycles. The van der Waals surface area contributed by atoms with Gasteiger partial charge in [0.25, 0.3) is 5.78 Å². The molecule has 0 aliphatic heterocycles. The fraction of sp³-hybridized carbons (Fsp3) is 0.200. The molecule has 15 heavy (non-hydrogen) atoms. The number of carboxylic acids is 1. The molecule has 0 fully saturated rings. The summed E-state index contributed by atoms with van der Waals surface area (Å²) in [7, 11) is 1.42. The van der Waals surface area contributed by atoms with Gasteiger partial charge in [-0.1, -0.05) is 11.6 Å². The van der Waals surface area contributed by atoms with Gasteiger partial charge in [-0.05, 0) is 19.1 Å². The lowest BCUT2D eigenvalue weighted by Crippen LogP contribution is -2.13. The average Bonchev–Trinajstić information content (AvgIpc) is 2.20. The van der Waals surface area contributed by atoms with Gasteiger partial charge in [0.05, 0.1) is 7.11 Å². The Kier molecular flexibility index (Phi) is 3.31. The molecule has 0 aliphatic rings. The Labute approximate surface area is 91.4 Å². The molecule has 0 atom stereocenters. The normalized spacial score (nSPS) is 9.80. The number of aliphatic carboxylic acids is 1. The zero-order valence-corrected chi connectivity index (χ0v) is 8.96. The third-order valence-electron chi connectivity index (χ3n) is 1.97. The van der Waals surface area contributed by atoms with Crippen LogP contribution in [0.5, 0.6) is 5.75 Å². The van der Waals surface area contributed by atoms with Crippen LogP contribution in [-0.4, -0.2) is 24.0 Å². The van der Waals surface area contributed by atoms with E-state index in [1.54, 1.807) is 6.92 Å². The highest BCUT2D eigenvalue weighted by atomic mass is 35.5. The predicted octanol–water partition coefficient (Wildman–Crippen LogP) is 1.92. The summed E-state index contributed by atoms with van der Waals surface area (Å²) in [6.07, 6.45) is 0. The minimum absolute atomic E-state index is 0.00921. The molecule has 0 radical (unpaired) electrons. The highest BCUT2D eigenvalue weighted by molar-refractivity contribution is 6.40. The second kappa shape index (κ2) is 4.31. The Morgan fingerprint density at radius 3 is 2.47 bits per heavy atom. The molecule has 0 spiro atoms. The number of hydrogen-bond acceptors (Lipinski definition) is 3. The number of methoxy groups -OCH3 is 1. The van der Waals surface area contributed by atoms with Crippen molar-refractivity contribution in [2.75, 3.05) is 7.11 Å². The summed E-state index contributed by atoms with van der Waals surface area (Å²) < 4.78 is 4.97. The monoisotopic (exact) mass is 228 g/mol. The van der Waals surface area contributed by atoms with Gasteiger partial charge in [0.2, 0.25) is 0 Å². The van der Waals surface area contributed by atoms with E-state index in [-0.39, 0.29) is 5.56 Å². The van der Waals surface area contributed by atoms with Gasteiger partial charge < -0.3 is 9.84 Å². The van der Waals surface area contributed by atoms with Gasteiger partial charge in [-0.2, -0.15) is 0 Å². The van der Waals surface area contributed by atoms with Crippen molar-refractivity contribution >= 4 is 23.4 Å². The summed E-state index contributed by atoms with van der Waals surface area (Å²) in [6.45, 7) is 1.72. The summed E-state index contributed by atoms with van der Waals surface area (Å²) in [4.78, 5) is 21.6. The largest absolute Gasteiger partial charge is 0.496 e. The molecule has 0 aliphatic carbocycles. The molecule has 1 aromatic carbocycles. The van der Waals surface area contributed by atoms with Crippen LogP contribution in [0.4, 0.5) is 0 Å². The molecule has 5 heteroatoms. The Balaban J connectivity index is 3.28. The molecule has 0 saturated carbocycles. The molecule has 0 saturated heterocycles. The number of carbonyl (C=O) groups is 2. The van der Waals surface area contributed by atoms with Crippen molar-refractivity contribution in [1.29, 1.82) is 0 Å². The molecule has 4 nitrogen and oxygen atoms in total. The molecule has 0 bridgehead atoms.